The van der Waals surface area contributed by atoms with Gasteiger partial charge in [-0.15, -0.1) is 0 Å². The van der Waals surface area contributed by atoms with E-state index < -0.39 is 29.8 Å². The second-order valence-electron chi connectivity index (χ2n) is 7.48. The maximum absolute atomic E-state index is 12.0. The first-order valence-corrected chi connectivity index (χ1v) is 8.99. The summed E-state index contributed by atoms with van der Waals surface area (Å²) in [7, 11) is 0. The number of carbonyl (C=O) groups excluding carboxylic acids is 2. The molecule has 0 radical (unpaired) electrons. The molecule has 1 aromatic rings. The third-order valence-electron chi connectivity index (χ3n) is 3.97. The molecule has 6 heteroatoms. The number of alkyl carbamates (subject to hydrolysis) is 1. The minimum atomic E-state index is -1.05. The van der Waals surface area contributed by atoms with Crippen molar-refractivity contribution >= 4 is 12.1 Å². The van der Waals surface area contributed by atoms with Crippen LogP contribution in [0.3, 0.4) is 0 Å². The minimum Gasteiger partial charge on any atom is -0.461 e. The standard InChI is InChI=1S/C20H31NO5/c1-6-14(2)18(21-19(24)26-20(3,4)5)16(22)12-17(23)25-13-15-10-8-7-9-11-15/h7-11,14,16,18,22H,6,12-13H2,1-5H3,(H,21,24)/t14-,16-,18+/m0/s1. The first-order chi connectivity index (χ1) is 12.1. The van der Waals surface area contributed by atoms with Gasteiger partial charge in [0.05, 0.1) is 18.6 Å². The fourth-order valence-corrected chi connectivity index (χ4v) is 2.41. The van der Waals surface area contributed by atoms with E-state index in [1.54, 1.807) is 20.8 Å². The molecule has 0 aliphatic rings. The molecule has 1 aromatic carbocycles. The summed E-state index contributed by atoms with van der Waals surface area (Å²) in [6.45, 7) is 9.31. The summed E-state index contributed by atoms with van der Waals surface area (Å²) >= 11 is 0. The summed E-state index contributed by atoms with van der Waals surface area (Å²) in [6, 6.07) is 8.72. The SMILES string of the molecule is CC[C@H](C)[C@@H](NC(=O)OC(C)(C)C)[C@@H](O)CC(=O)OCc1ccccc1. The van der Waals surface area contributed by atoms with E-state index in [0.717, 1.165) is 12.0 Å². The quantitative estimate of drug-likeness (QED) is 0.690. The molecule has 0 aliphatic heterocycles. The van der Waals surface area contributed by atoms with Crippen LogP contribution in [0.15, 0.2) is 30.3 Å². The fourth-order valence-electron chi connectivity index (χ4n) is 2.41. The maximum atomic E-state index is 12.0. The summed E-state index contributed by atoms with van der Waals surface area (Å²) in [5, 5.41) is 13.1. The van der Waals surface area contributed by atoms with Crippen molar-refractivity contribution < 1.29 is 24.2 Å². The molecular weight excluding hydrogens is 334 g/mol. The molecule has 6 nitrogen and oxygen atoms in total. The number of aliphatic hydroxyl groups excluding tert-OH is 1. The number of benzene rings is 1. The van der Waals surface area contributed by atoms with Crippen LogP contribution < -0.4 is 5.32 Å². The predicted octanol–water partition coefficient (Wildman–Crippen LogP) is 3.42. The third-order valence-corrected chi connectivity index (χ3v) is 3.97. The molecule has 0 spiro atoms. The molecule has 0 bridgehead atoms. The molecule has 146 valence electrons. The minimum absolute atomic E-state index is 0.0283. The molecule has 0 unspecified atom stereocenters. The van der Waals surface area contributed by atoms with Crippen molar-refractivity contribution in [2.75, 3.05) is 0 Å². The van der Waals surface area contributed by atoms with E-state index in [0.29, 0.717) is 0 Å². The van der Waals surface area contributed by atoms with Crippen molar-refractivity contribution in [1.82, 2.24) is 5.32 Å². The molecule has 2 N–H and O–H groups in total. The highest BCUT2D eigenvalue weighted by atomic mass is 16.6. The lowest BCUT2D eigenvalue weighted by molar-refractivity contribution is -0.147. The number of hydrogen-bond donors (Lipinski definition) is 2. The Morgan fingerprint density at radius 1 is 1.19 bits per heavy atom. The Kier molecular flexibility index (Phi) is 8.58. The second kappa shape index (κ2) is 10.2. The molecule has 1 rings (SSSR count). The van der Waals surface area contributed by atoms with Crippen LogP contribution >= 0.6 is 0 Å². The van der Waals surface area contributed by atoms with Crippen LogP contribution in [0.2, 0.25) is 0 Å². The third kappa shape index (κ3) is 8.34. The van der Waals surface area contributed by atoms with Gasteiger partial charge in [-0.25, -0.2) is 4.79 Å². The number of rotatable bonds is 8. The number of amides is 1. The van der Waals surface area contributed by atoms with Crippen molar-refractivity contribution in [2.45, 2.75) is 71.8 Å². The van der Waals surface area contributed by atoms with Gasteiger partial charge < -0.3 is 19.9 Å². The largest absolute Gasteiger partial charge is 0.461 e. The van der Waals surface area contributed by atoms with Gasteiger partial charge in [0, 0.05) is 0 Å². The lowest BCUT2D eigenvalue weighted by Crippen LogP contribution is -2.49. The number of carbonyl (C=O) groups is 2. The maximum Gasteiger partial charge on any atom is 0.407 e. The Labute approximate surface area is 155 Å². The van der Waals surface area contributed by atoms with Crippen LogP contribution in [-0.2, 0) is 20.9 Å². The second-order valence-corrected chi connectivity index (χ2v) is 7.48. The molecule has 0 saturated carbocycles. The normalized spacial score (nSPS) is 14.8. The Balaban J connectivity index is 2.60. The zero-order chi connectivity index (χ0) is 19.7. The van der Waals surface area contributed by atoms with Gasteiger partial charge in [0.1, 0.15) is 12.2 Å². The van der Waals surface area contributed by atoms with Crippen LogP contribution in [0.25, 0.3) is 0 Å². The highest BCUT2D eigenvalue weighted by Crippen LogP contribution is 2.16. The zero-order valence-electron chi connectivity index (χ0n) is 16.3. The van der Waals surface area contributed by atoms with E-state index in [2.05, 4.69) is 5.32 Å². The average Bonchev–Trinajstić information content (AvgIpc) is 2.56. The molecular formula is C20H31NO5. The summed E-state index contributed by atoms with van der Waals surface area (Å²) in [6.07, 6.45) is -1.13. The summed E-state index contributed by atoms with van der Waals surface area (Å²) < 4.78 is 10.5. The summed E-state index contributed by atoms with van der Waals surface area (Å²) in [5.41, 5.74) is 0.240. The fraction of sp³-hybridized carbons (Fsp3) is 0.600. The molecule has 0 aromatic heterocycles. The average molecular weight is 365 g/mol. The molecule has 1 amide bonds. The van der Waals surface area contributed by atoms with E-state index in [4.69, 9.17) is 9.47 Å². The smallest absolute Gasteiger partial charge is 0.407 e. The Morgan fingerprint density at radius 3 is 2.35 bits per heavy atom. The lowest BCUT2D eigenvalue weighted by Gasteiger charge is -2.30. The molecule has 0 saturated heterocycles. The van der Waals surface area contributed by atoms with Gasteiger partial charge in [-0.3, -0.25) is 4.79 Å². The number of esters is 1. The topological polar surface area (TPSA) is 84.9 Å². The van der Waals surface area contributed by atoms with Crippen LogP contribution in [-0.4, -0.2) is 34.9 Å². The van der Waals surface area contributed by atoms with E-state index >= 15 is 0 Å². The van der Waals surface area contributed by atoms with Gasteiger partial charge in [0.2, 0.25) is 0 Å². The van der Waals surface area contributed by atoms with Gasteiger partial charge in [0.15, 0.2) is 0 Å². The van der Waals surface area contributed by atoms with Gasteiger partial charge in [0.25, 0.3) is 0 Å². The molecule has 0 heterocycles. The van der Waals surface area contributed by atoms with E-state index in [9.17, 15) is 14.7 Å². The van der Waals surface area contributed by atoms with Gasteiger partial charge >= 0.3 is 12.1 Å². The van der Waals surface area contributed by atoms with Crippen LogP contribution in [0.4, 0.5) is 4.79 Å². The lowest BCUT2D eigenvalue weighted by atomic mass is 9.93. The summed E-state index contributed by atoms with van der Waals surface area (Å²) in [5.74, 6) is -0.542. The highest BCUT2D eigenvalue weighted by molar-refractivity contribution is 5.71. The number of aliphatic hydroxyl groups is 1. The number of nitrogens with one attached hydrogen (secondary N) is 1. The van der Waals surface area contributed by atoms with Crippen LogP contribution in [0.5, 0.6) is 0 Å². The number of ether oxygens (including phenoxy) is 2. The summed E-state index contributed by atoms with van der Waals surface area (Å²) in [4.78, 5) is 24.1. The molecule has 0 fully saturated rings. The molecule has 0 aliphatic carbocycles. The molecule has 3 atom stereocenters. The van der Waals surface area contributed by atoms with Gasteiger partial charge in [-0.2, -0.15) is 0 Å². The van der Waals surface area contributed by atoms with E-state index in [1.807, 2.05) is 44.2 Å². The number of hydrogen-bond acceptors (Lipinski definition) is 5. The van der Waals surface area contributed by atoms with Crippen molar-refractivity contribution in [3.63, 3.8) is 0 Å². The Morgan fingerprint density at radius 2 is 1.81 bits per heavy atom. The predicted molar refractivity (Wildman–Crippen MR) is 99.5 cm³/mol. The molecule has 26 heavy (non-hydrogen) atoms. The Bertz CT molecular complexity index is 567. The van der Waals surface area contributed by atoms with Crippen molar-refractivity contribution in [3.8, 4) is 0 Å². The van der Waals surface area contributed by atoms with E-state index in [1.165, 1.54) is 0 Å². The monoisotopic (exact) mass is 365 g/mol. The van der Waals surface area contributed by atoms with Crippen molar-refractivity contribution in [3.05, 3.63) is 35.9 Å². The first-order valence-electron chi connectivity index (χ1n) is 8.99. The first kappa shape index (κ1) is 22.0. The van der Waals surface area contributed by atoms with E-state index in [-0.39, 0.29) is 18.9 Å². The van der Waals surface area contributed by atoms with Gasteiger partial charge in [-0.05, 0) is 32.3 Å². The highest BCUT2D eigenvalue weighted by Gasteiger charge is 2.30. The van der Waals surface area contributed by atoms with Crippen LogP contribution in [0, 0.1) is 5.92 Å². The van der Waals surface area contributed by atoms with Crippen LogP contribution in [0.1, 0.15) is 53.0 Å². The van der Waals surface area contributed by atoms with Crippen molar-refractivity contribution in [2.24, 2.45) is 5.92 Å². The Hall–Kier alpha value is -2.08. The zero-order valence-corrected chi connectivity index (χ0v) is 16.3. The van der Waals surface area contributed by atoms with Gasteiger partial charge in [-0.1, -0.05) is 50.6 Å². The van der Waals surface area contributed by atoms with Crippen molar-refractivity contribution in [1.29, 1.82) is 0 Å².